The highest BCUT2D eigenvalue weighted by molar-refractivity contribution is 7.99. The molecule has 2 rings (SSSR count). The molecule has 0 aliphatic carbocycles. The summed E-state index contributed by atoms with van der Waals surface area (Å²) in [7, 11) is 0. The van der Waals surface area contributed by atoms with Gasteiger partial charge in [-0.15, -0.1) is 0 Å². The van der Waals surface area contributed by atoms with Crippen LogP contribution in [0.2, 0.25) is 5.02 Å². The van der Waals surface area contributed by atoms with Gasteiger partial charge in [-0.1, -0.05) is 23.4 Å². The van der Waals surface area contributed by atoms with Crippen molar-refractivity contribution in [3.63, 3.8) is 0 Å². The van der Waals surface area contributed by atoms with E-state index in [0.29, 0.717) is 21.4 Å². The molecule has 0 radical (unpaired) electrons. The predicted molar refractivity (Wildman–Crippen MR) is 69.9 cm³/mol. The zero-order valence-electron chi connectivity index (χ0n) is 9.40. The number of aromatic amines is 1. The van der Waals surface area contributed by atoms with Crippen LogP contribution in [0.4, 0.5) is 0 Å². The lowest BCUT2D eigenvalue weighted by Gasteiger charge is -2.02. The third kappa shape index (κ3) is 2.92. The van der Waals surface area contributed by atoms with Gasteiger partial charge < -0.3 is 4.98 Å². The largest absolute Gasteiger partial charge is 0.301 e. The maximum absolute atomic E-state index is 11.3. The average Bonchev–Trinajstić information content (AvgIpc) is 2.27. The molecule has 1 N–H and O–H groups in total. The summed E-state index contributed by atoms with van der Waals surface area (Å²) in [6.45, 7) is 1.76. The summed E-state index contributed by atoms with van der Waals surface area (Å²) in [5.74, 6) is 0. The van der Waals surface area contributed by atoms with Crippen LogP contribution in [0, 0.1) is 18.3 Å². The number of aryl methyl sites for hydroxylation is 1. The van der Waals surface area contributed by atoms with Crippen molar-refractivity contribution >= 4 is 23.4 Å². The average molecular weight is 278 g/mol. The molecule has 0 bridgehead atoms. The fraction of sp³-hybridized carbons (Fsp3) is 0.0833. The van der Waals surface area contributed by atoms with Crippen LogP contribution >= 0.6 is 23.4 Å². The van der Waals surface area contributed by atoms with Crippen molar-refractivity contribution < 1.29 is 0 Å². The molecule has 90 valence electrons. The number of H-pyrrole nitrogens is 1. The molecule has 0 unspecified atom stereocenters. The smallest absolute Gasteiger partial charge is 0.251 e. The van der Waals surface area contributed by atoms with Gasteiger partial charge >= 0.3 is 0 Å². The topological polar surface area (TPSA) is 69.5 Å². The van der Waals surface area contributed by atoms with Gasteiger partial charge in [0, 0.05) is 16.7 Å². The molecule has 6 heteroatoms. The highest BCUT2D eigenvalue weighted by Gasteiger charge is 2.05. The second-order valence-corrected chi connectivity index (χ2v) is 5.02. The number of hydrogen-bond acceptors (Lipinski definition) is 4. The molecule has 0 amide bonds. The highest BCUT2D eigenvalue weighted by Crippen LogP contribution is 2.28. The molecule has 0 aliphatic rings. The molecule has 0 saturated heterocycles. The fourth-order valence-corrected chi connectivity index (χ4v) is 2.53. The van der Waals surface area contributed by atoms with Gasteiger partial charge in [0.15, 0.2) is 5.16 Å². The number of nitriles is 1. The van der Waals surface area contributed by atoms with Gasteiger partial charge in [0.1, 0.15) is 6.07 Å². The van der Waals surface area contributed by atoms with Crippen molar-refractivity contribution in [3.8, 4) is 6.07 Å². The predicted octanol–water partition coefficient (Wildman–Crippen LogP) is 2.75. The van der Waals surface area contributed by atoms with Crippen molar-refractivity contribution in [1.82, 2.24) is 9.97 Å². The van der Waals surface area contributed by atoms with Crippen LogP contribution in [-0.4, -0.2) is 9.97 Å². The van der Waals surface area contributed by atoms with Gasteiger partial charge in [-0.25, -0.2) is 4.98 Å². The molecule has 0 aliphatic heterocycles. The minimum atomic E-state index is -0.190. The van der Waals surface area contributed by atoms with Crippen LogP contribution in [0.25, 0.3) is 0 Å². The van der Waals surface area contributed by atoms with Gasteiger partial charge in [0.25, 0.3) is 5.56 Å². The van der Waals surface area contributed by atoms with Crippen LogP contribution in [0.15, 0.2) is 39.1 Å². The number of halogens is 1. The Morgan fingerprint density at radius 1 is 1.44 bits per heavy atom. The lowest BCUT2D eigenvalue weighted by Crippen LogP contribution is -2.07. The van der Waals surface area contributed by atoms with Crippen molar-refractivity contribution in [2.75, 3.05) is 0 Å². The second kappa shape index (κ2) is 5.25. The molecular formula is C12H8ClN3OS. The third-order valence-electron chi connectivity index (χ3n) is 2.12. The fourth-order valence-electron chi connectivity index (χ4n) is 1.36. The van der Waals surface area contributed by atoms with E-state index in [1.54, 1.807) is 25.1 Å². The van der Waals surface area contributed by atoms with E-state index >= 15 is 0 Å². The van der Waals surface area contributed by atoms with Crippen LogP contribution < -0.4 is 5.56 Å². The van der Waals surface area contributed by atoms with Crippen molar-refractivity contribution in [1.29, 1.82) is 5.26 Å². The second-order valence-electron chi connectivity index (χ2n) is 3.55. The van der Waals surface area contributed by atoms with Crippen LogP contribution in [0.3, 0.4) is 0 Å². The molecule has 1 heterocycles. The summed E-state index contributed by atoms with van der Waals surface area (Å²) >= 11 is 7.22. The maximum atomic E-state index is 11.3. The van der Waals surface area contributed by atoms with Gasteiger partial charge in [0.2, 0.25) is 0 Å². The summed E-state index contributed by atoms with van der Waals surface area (Å²) in [5.41, 5.74) is 0.887. The summed E-state index contributed by atoms with van der Waals surface area (Å²) in [4.78, 5) is 18.9. The summed E-state index contributed by atoms with van der Waals surface area (Å²) in [6, 6.07) is 8.49. The molecule has 4 nitrogen and oxygen atoms in total. The van der Waals surface area contributed by atoms with Gasteiger partial charge in [-0.2, -0.15) is 5.26 Å². The molecule has 0 atom stereocenters. The normalized spacial score (nSPS) is 10.1. The molecule has 18 heavy (non-hydrogen) atoms. The summed E-state index contributed by atoms with van der Waals surface area (Å²) in [5, 5.41) is 9.66. The first-order chi connectivity index (χ1) is 8.58. The number of hydrogen-bond donors (Lipinski definition) is 1. The molecule has 0 spiro atoms. The van der Waals surface area contributed by atoms with Crippen LogP contribution in [0.5, 0.6) is 0 Å². The van der Waals surface area contributed by atoms with E-state index in [-0.39, 0.29) is 5.56 Å². The zero-order chi connectivity index (χ0) is 13.1. The first-order valence-corrected chi connectivity index (χ1v) is 6.23. The highest BCUT2D eigenvalue weighted by atomic mass is 35.5. The Balaban J connectivity index is 2.32. The maximum Gasteiger partial charge on any atom is 0.251 e. The first-order valence-electron chi connectivity index (χ1n) is 5.04. The monoisotopic (exact) mass is 277 g/mol. The Morgan fingerprint density at radius 2 is 2.22 bits per heavy atom. The lowest BCUT2D eigenvalue weighted by atomic mass is 10.2. The first kappa shape index (κ1) is 12.7. The Kier molecular flexibility index (Phi) is 3.70. The van der Waals surface area contributed by atoms with E-state index in [4.69, 9.17) is 16.9 Å². The number of benzene rings is 1. The van der Waals surface area contributed by atoms with E-state index in [1.165, 1.54) is 17.8 Å². The van der Waals surface area contributed by atoms with Crippen molar-refractivity contribution in [3.05, 3.63) is 50.9 Å². The van der Waals surface area contributed by atoms with E-state index < -0.39 is 0 Å². The van der Waals surface area contributed by atoms with E-state index in [1.807, 2.05) is 6.07 Å². The molecule has 0 saturated carbocycles. The standard InChI is InChI=1S/C12H8ClN3OS/c1-7-4-11(17)16-12(15-7)18-9-3-2-8(6-14)10(13)5-9/h2-5H,1H3,(H,15,16,17). The van der Waals surface area contributed by atoms with E-state index in [0.717, 1.165) is 4.90 Å². The summed E-state index contributed by atoms with van der Waals surface area (Å²) < 4.78 is 0. The quantitative estimate of drug-likeness (QED) is 0.857. The van der Waals surface area contributed by atoms with Crippen LogP contribution in [-0.2, 0) is 0 Å². The molecule has 1 aromatic heterocycles. The zero-order valence-corrected chi connectivity index (χ0v) is 11.0. The van der Waals surface area contributed by atoms with Gasteiger partial charge in [-0.05, 0) is 25.1 Å². The third-order valence-corrected chi connectivity index (χ3v) is 3.31. The Hall–Kier alpha value is -1.77. The Bertz CT molecular complexity index is 690. The molecule has 0 fully saturated rings. The Morgan fingerprint density at radius 3 is 2.83 bits per heavy atom. The minimum absolute atomic E-state index is 0.190. The Labute approximate surface area is 113 Å². The van der Waals surface area contributed by atoms with Crippen molar-refractivity contribution in [2.24, 2.45) is 0 Å². The molecule has 2 aromatic rings. The molecule has 1 aromatic carbocycles. The van der Waals surface area contributed by atoms with E-state index in [9.17, 15) is 4.79 Å². The SMILES string of the molecule is Cc1cc(=O)[nH]c(Sc2ccc(C#N)c(Cl)c2)n1. The lowest BCUT2D eigenvalue weighted by molar-refractivity contribution is 0.905. The van der Waals surface area contributed by atoms with Crippen molar-refractivity contribution in [2.45, 2.75) is 17.0 Å². The van der Waals surface area contributed by atoms with Gasteiger partial charge in [-0.3, -0.25) is 4.79 Å². The number of nitrogens with zero attached hydrogens (tertiary/aromatic N) is 2. The number of nitrogens with one attached hydrogen (secondary N) is 1. The van der Waals surface area contributed by atoms with Gasteiger partial charge in [0.05, 0.1) is 10.6 Å². The number of rotatable bonds is 2. The van der Waals surface area contributed by atoms with Crippen LogP contribution in [0.1, 0.15) is 11.3 Å². The molecular weight excluding hydrogens is 270 g/mol. The minimum Gasteiger partial charge on any atom is -0.301 e. The summed E-state index contributed by atoms with van der Waals surface area (Å²) in [6.07, 6.45) is 0. The van der Waals surface area contributed by atoms with E-state index in [2.05, 4.69) is 9.97 Å². The number of aromatic nitrogens is 2.